The summed E-state index contributed by atoms with van der Waals surface area (Å²) in [5.74, 6) is 1.56. The van der Waals surface area contributed by atoms with Crippen molar-refractivity contribution in [3.63, 3.8) is 0 Å². The standard InChI is InChI=1S/C16H25NO3/c1-15(2)10-14(16(3,4)20-15)17-11-7-12(18-5)9-13(8-11)19-6/h7-9,14,17H,10H2,1-6H3. The van der Waals surface area contributed by atoms with Gasteiger partial charge in [0.1, 0.15) is 11.5 Å². The fourth-order valence-corrected chi connectivity index (χ4v) is 2.88. The molecule has 1 fully saturated rings. The molecule has 1 heterocycles. The zero-order chi connectivity index (χ0) is 15.0. The van der Waals surface area contributed by atoms with Gasteiger partial charge in [0.25, 0.3) is 0 Å². The molecule has 1 atom stereocenters. The number of hydrogen-bond donors (Lipinski definition) is 1. The van der Waals surface area contributed by atoms with Crippen LogP contribution in [0.1, 0.15) is 34.1 Å². The highest BCUT2D eigenvalue weighted by Gasteiger charge is 2.45. The van der Waals surface area contributed by atoms with Crippen molar-refractivity contribution in [3.05, 3.63) is 18.2 Å². The lowest BCUT2D eigenvalue weighted by molar-refractivity contribution is -0.0662. The molecule has 1 N–H and O–H groups in total. The van der Waals surface area contributed by atoms with Gasteiger partial charge in [-0.05, 0) is 34.1 Å². The Morgan fingerprint density at radius 1 is 1.05 bits per heavy atom. The molecular formula is C16H25NO3. The minimum absolute atomic E-state index is 0.107. The second-order valence-corrected chi connectivity index (χ2v) is 6.47. The Morgan fingerprint density at radius 3 is 2.00 bits per heavy atom. The van der Waals surface area contributed by atoms with Crippen LogP contribution in [0.4, 0.5) is 5.69 Å². The van der Waals surface area contributed by atoms with Crippen LogP contribution in [-0.2, 0) is 4.74 Å². The van der Waals surface area contributed by atoms with Gasteiger partial charge in [0.15, 0.2) is 0 Å². The Bertz CT molecular complexity index is 460. The van der Waals surface area contributed by atoms with Crippen LogP contribution in [0.25, 0.3) is 0 Å². The molecule has 112 valence electrons. The third kappa shape index (κ3) is 3.18. The Kier molecular flexibility index (Phi) is 3.87. The Labute approximate surface area is 121 Å². The normalized spacial score (nSPS) is 23.4. The number of hydrogen-bond acceptors (Lipinski definition) is 4. The van der Waals surface area contributed by atoms with Crippen LogP contribution in [0.15, 0.2) is 18.2 Å². The molecule has 1 aliphatic heterocycles. The van der Waals surface area contributed by atoms with Crippen molar-refractivity contribution in [2.75, 3.05) is 19.5 Å². The average Bonchev–Trinajstić information content (AvgIpc) is 2.56. The summed E-state index contributed by atoms with van der Waals surface area (Å²) in [6, 6.07) is 6.06. The third-order valence-corrected chi connectivity index (χ3v) is 3.77. The Morgan fingerprint density at radius 2 is 1.60 bits per heavy atom. The number of rotatable bonds is 4. The molecule has 4 heteroatoms. The highest BCUT2D eigenvalue weighted by molar-refractivity contribution is 5.54. The molecular weight excluding hydrogens is 254 g/mol. The molecule has 0 aromatic heterocycles. The summed E-state index contributed by atoms with van der Waals surface area (Å²) >= 11 is 0. The maximum atomic E-state index is 6.11. The van der Waals surface area contributed by atoms with E-state index < -0.39 is 0 Å². The Hall–Kier alpha value is -1.42. The van der Waals surface area contributed by atoms with Crippen LogP contribution in [0.3, 0.4) is 0 Å². The monoisotopic (exact) mass is 279 g/mol. The summed E-state index contributed by atoms with van der Waals surface area (Å²) in [6.45, 7) is 8.50. The van der Waals surface area contributed by atoms with Crippen LogP contribution < -0.4 is 14.8 Å². The Balaban J connectivity index is 2.21. The van der Waals surface area contributed by atoms with Crippen LogP contribution >= 0.6 is 0 Å². The van der Waals surface area contributed by atoms with E-state index in [-0.39, 0.29) is 17.2 Å². The SMILES string of the molecule is COc1cc(NC2CC(C)(C)OC2(C)C)cc(OC)c1. The lowest BCUT2D eigenvalue weighted by Gasteiger charge is -2.28. The largest absolute Gasteiger partial charge is 0.497 e. The van der Waals surface area contributed by atoms with E-state index in [4.69, 9.17) is 14.2 Å². The molecule has 0 saturated carbocycles. The predicted molar refractivity (Wildman–Crippen MR) is 80.8 cm³/mol. The molecule has 0 amide bonds. The van der Waals surface area contributed by atoms with Gasteiger partial charge in [-0.1, -0.05) is 0 Å². The molecule has 1 unspecified atom stereocenters. The number of anilines is 1. The first kappa shape index (κ1) is 15.0. The number of methoxy groups -OCH3 is 2. The summed E-state index contributed by atoms with van der Waals surface area (Å²) in [4.78, 5) is 0. The number of ether oxygens (including phenoxy) is 3. The van der Waals surface area contributed by atoms with Crippen molar-refractivity contribution in [3.8, 4) is 11.5 Å². The highest BCUT2D eigenvalue weighted by Crippen LogP contribution is 2.39. The molecule has 1 aliphatic rings. The smallest absolute Gasteiger partial charge is 0.124 e. The van der Waals surface area contributed by atoms with Gasteiger partial charge in [-0.3, -0.25) is 0 Å². The summed E-state index contributed by atoms with van der Waals surface area (Å²) in [7, 11) is 3.31. The number of nitrogens with one attached hydrogen (secondary N) is 1. The second kappa shape index (κ2) is 5.17. The van der Waals surface area contributed by atoms with E-state index in [2.05, 4.69) is 33.0 Å². The summed E-state index contributed by atoms with van der Waals surface area (Å²) < 4.78 is 16.7. The van der Waals surface area contributed by atoms with Gasteiger partial charge in [-0.25, -0.2) is 0 Å². The zero-order valence-electron chi connectivity index (χ0n) is 13.2. The van der Waals surface area contributed by atoms with Crippen molar-refractivity contribution in [2.45, 2.75) is 51.4 Å². The van der Waals surface area contributed by atoms with Crippen LogP contribution in [-0.4, -0.2) is 31.5 Å². The molecule has 4 nitrogen and oxygen atoms in total. The molecule has 0 spiro atoms. The van der Waals surface area contributed by atoms with Gasteiger partial charge in [-0.2, -0.15) is 0 Å². The van der Waals surface area contributed by atoms with E-state index in [1.807, 2.05) is 18.2 Å². The molecule has 0 radical (unpaired) electrons. The van der Waals surface area contributed by atoms with Crippen molar-refractivity contribution in [1.82, 2.24) is 0 Å². The topological polar surface area (TPSA) is 39.7 Å². The van der Waals surface area contributed by atoms with E-state index in [1.165, 1.54) is 0 Å². The molecule has 1 aromatic carbocycles. The quantitative estimate of drug-likeness (QED) is 0.916. The minimum Gasteiger partial charge on any atom is -0.497 e. The van der Waals surface area contributed by atoms with E-state index in [0.29, 0.717) is 0 Å². The van der Waals surface area contributed by atoms with Crippen molar-refractivity contribution in [1.29, 1.82) is 0 Å². The van der Waals surface area contributed by atoms with E-state index in [0.717, 1.165) is 23.6 Å². The molecule has 2 rings (SSSR count). The van der Waals surface area contributed by atoms with Gasteiger partial charge >= 0.3 is 0 Å². The fourth-order valence-electron chi connectivity index (χ4n) is 2.88. The maximum Gasteiger partial charge on any atom is 0.124 e. The van der Waals surface area contributed by atoms with Crippen LogP contribution in [0.2, 0.25) is 0 Å². The van der Waals surface area contributed by atoms with Gasteiger partial charge in [0, 0.05) is 23.9 Å². The van der Waals surface area contributed by atoms with E-state index in [9.17, 15) is 0 Å². The summed E-state index contributed by atoms with van der Waals surface area (Å²) in [5.41, 5.74) is 0.671. The predicted octanol–water partition coefficient (Wildman–Crippen LogP) is 3.46. The second-order valence-electron chi connectivity index (χ2n) is 6.47. The van der Waals surface area contributed by atoms with Crippen LogP contribution in [0.5, 0.6) is 11.5 Å². The first-order valence-electron chi connectivity index (χ1n) is 6.95. The van der Waals surface area contributed by atoms with Crippen molar-refractivity contribution < 1.29 is 14.2 Å². The first-order chi connectivity index (χ1) is 9.25. The summed E-state index contributed by atoms with van der Waals surface area (Å²) in [5, 5.41) is 3.55. The maximum absolute atomic E-state index is 6.11. The van der Waals surface area contributed by atoms with Gasteiger partial charge in [0.05, 0.1) is 31.5 Å². The van der Waals surface area contributed by atoms with Crippen LogP contribution in [0, 0.1) is 0 Å². The summed E-state index contributed by atoms with van der Waals surface area (Å²) in [6.07, 6.45) is 0.958. The third-order valence-electron chi connectivity index (χ3n) is 3.77. The van der Waals surface area contributed by atoms with Gasteiger partial charge < -0.3 is 19.5 Å². The van der Waals surface area contributed by atoms with E-state index in [1.54, 1.807) is 14.2 Å². The molecule has 1 aromatic rings. The van der Waals surface area contributed by atoms with Gasteiger partial charge in [0.2, 0.25) is 0 Å². The average molecular weight is 279 g/mol. The van der Waals surface area contributed by atoms with Crippen molar-refractivity contribution in [2.24, 2.45) is 0 Å². The molecule has 20 heavy (non-hydrogen) atoms. The highest BCUT2D eigenvalue weighted by atomic mass is 16.5. The molecule has 0 aliphatic carbocycles. The lowest BCUT2D eigenvalue weighted by Crippen LogP contribution is -2.38. The first-order valence-corrected chi connectivity index (χ1v) is 6.95. The van der Waals surface area contributed by atoms with Gasteiger partial charge in [-0.15, -0.1) is 0 Å². The van der Waals surface area contributed by atoms with Crippen molar-refractivity contribution >= 4 is 5.69 Å². The lowest BCUT2D eigenvalue weighted by atomic mass is 9.94. The molecule has 0 bridgehead atoms. The van der Waals surface area contributed by atoms with E-state index >= 15 is 0 Å². The minimum atomic E-state index is -0.209. The molecule has 1 saturated heterocycles. The zero-order valence-corrected chi connectivity index (χ0v) is 13.2. The fraction of sp³-hybridized carbons (Fsp3) is 0.625. The number of benzene rings is 1.